The van der Waals surface area contributed by atoms with Gasteiger partial charge in [-0.05, 0) is 27.0 Å². The molecular weight excluding hydrogens is 295 g/mol. The Kier molecular flexibility index (Phi) is 4.33. The van der Waals surface area contributed by atoms with Crippen LogP contribution in [0.15, 0.2) is 24.3 Å². The quantitative estimate of drug-likeness (QED) is 0.450. The predicted octanol–water partition coefficient (Wildman–Crippen LogP) is 3.22. The van der Waals surface area contributed by atoms with Crippen molar-refractivity contribution in [3.05, 3.63) is 35.4 Å². The molecule has 0 atom stereocenters. The zero-order valence-electron chi connectivity index (χ0n) is 7.00. The van der Waals surface area contributed by atoms with Gasteiger partial charge in [0.25, 0.3) is 0 Å². The van der Waals surface area contributed by atoms with Crippen molar-refractivity contribution in [1.82, 2.24) is 0 Å². The van der Waals surface area contributed by atoms with Crippen molar-refractivity contribution >= 4 is 35.9 Å². The van der Waals surface area contributed by atoms with Crippen LogP contribution in [0, 0.1) is 18.1 Å². The molecule has 66 valence electrons. The summed E-state index contributed by atoms with van der Waals surface area (Å²) >= 11 is 2.04. The Morgan fingerprint density at radius 1 is 1.38 bits per heavy atom. The van der Waals surface area contributed by atoms with Crippen LogP contribution in [0.2, 0.25) is 0 Å². The molecule has 1 nitrogen and oxygen atoms in total. The third-order valence-corrected chi connectivity index (χ3v) is 2.36. The molecule has 13 heavy (non-hydrogen) atoms. The summed E-state index contributed by atoms with van der Waals surface area (Å²) < 4.78 is 0. The van der Waals surface area contributed by atoms with Crippen molar-refractivity contribution < 1.29 is 4.79 Å². The number of rotatable bonds is 1. The largest absolute Gasteiger partial charge is 0.279 e. The second-order valence-electron chi connectivity index (χ2n) is 2.50. The van der Waals surface area contributed by atoms with Gasteiger partial charge >= 0.3 is 0 Å². The van der Waals surface area contributed by atoms with Crippen LogP contribution in [-0.4, -0.2) is 5.78 Å². The number of aryl methyl sites for hydroxylation is 1. The number of carbonyl (C=O) groups excluding carboxylic acids is 1. The molecule has 0 bridgehead atoms. The molecule has 1 aromatic rings. The van der Waals surface area contributed by atoms with E-state index < -0.39 is 0 Å². The molecule has 1 rings (SSSR count). The Morgan fingerprint density at radius 2 is 2.00 bits per heavy atom. The summed E-state index contributed by atoms with van der Waals surface area (Å²) in [5.41, 5.74) is 1.80. The van der Waals surface area contributed by atoms with Crippen LogP contribution < -0.4 is 0 Å². The first-order valence-electron chi connectivity index (χ1n) is 3.63. The van der Waals surface area contributed by atoms with Crippen LogP contribution in [0.25, 0.3) is 0 Å². The second kappa shape index (κ2) is 5.30. The first-order valence-corrected chi connectivity index (χ1v) is 6.99. The Morgan fingerprint density at radius 3 is 2.54 bits per heavy atom. The average Bonchev–Trinajstić information content (AvgIpc) is 2.15. The second-order valence-corrected chi connectivity index (χ2v) is 4.18. The molecule has 3 heteroatoms. The minimum Gasteiger partial charge on any atom is -0.279 e. The molecule has 0 aromatic heterocycles. The molecule has 0 saturated heterocycles. The molecule has 0 heterocycles. The molecule has 0 saturated carbocycles. The van der Waals surface area contributed by atoms with Crippen LogP contribution in [0.5, 0.6) is 0 Å². The third kappa shape index (κ3) is 3.41. The Hall–Kier alpha value is -0.470. The Bertz CT molecular complexity index is 359. The summed E-state index contributed by atoms with van der Waals surface area (Å²) in [6.45, 7) is 1.99. The number of hydrogen-bond acceptors (Lipinski definition) is 2. The molecule has 1 aromatic carbocycles. The van der Waals surface area contributed by atoms with Crippen molar-refractivity contribution in [2.24, 2.45) is 0 Å². The number of carbonyl (C=O) groups is 1. The molecule has 0 N–H and O–H groups in total. The molecular formula is C10H7IOS. The number of Topliss-reactive ketones (excluding diaryl/α,β-unsaturated/α-hetero) is 1. The summed E-state index contributed by atoms with van der Waals surface area (Å²) in [6, 6.07) is 7.41. The van der Waals surface area contributed by atoms with Gasteiger partial charge in [0.2, 0.25) is 5.78 Å². The van der Waals surface area contributed by atoms with Gasteiger partial charge < -0.3 is 0 Å². The molecule has 0 radical (unpaired) electrons. The van der Waals surface area contributed by atoms with Crippen LogP contribution in [0.1, 0.15) is 15.9 Å². The maximum atomic E-state index is 11.3. The Labute approximate surface area is 93.9 Å². The van der Waals surface area contributed by atoms with E-state index in [0.29, 0.717) is 5.56 Å². The number of halogens is 1. The van der Waals surface area contributed by atoms with Gasteiger partial charge in [-0.1, -0.05) is 29.8 Å². The topological polar surface area (TPSA) is 17.1 Å². The van der Waals surface area contributed by atoms with Gasteiger partial charge in [0.05, 0.1) is 0 Å². The van der Waals surface area contributed by atoms with E-state index >= 15 is 0 Å². The summed E-state index contributed by atoms with van der Waals surface area (Å²) in [6.07, 6.45) is 0. The SMILES string of the molecule is Cc1ccc(C(=O)C#CSI)cc1. The van der Waals surface area contributed by atoms with Crippen molar-refractivity contribution in [3.8, 4) is 11.2 Å². The lowest BCUT2D eigenvalue weighted by atomic mass is 10.1. The highest BCUT2D eigenvalue weighted by Gasteiger charge is 1.99. The van der Waals surface area contributed by atoms with Gasteiger partial charge in [-0.15, -0.1) is 0 Å². The fourth-order valence-corrected chi connectivity index (χ4v) is 1.30. The monoisotopic (exact) mass is 302 g/mol. The normalized spacial score (nSPS) is 8.77. The summed E-state index contributed by atoms with van der Waals surface area (Å²) in [4.78, 5) is 11.3. The molecule has 0 aliphatic carbocycles. The fourth-order valence-electron chi connectivity index (χ4n) is 0.843. The number of benzene rings is 1. The first-order chi connectivity index (χ1) is 6.24. The van der Waals surface area contributed by atoms with Crippen LogP contribution in [0.3, 0.4) is 0 Å². The molecule has 0 unspecified atom stereocenters. The van der Waals surface area contributed by atoms with Crippen LogP contribution >= 0.6 is 30.1 Å². The van der Waals surface area contributed by atoms with E-state index in [1.54, 1.807) is 12.1 Å². The molecule has 0 fully saturated rings. The first kappa shape index (κ1) is 10.6. The van der Waals surface area contributed by atoms with Crippen molar-refractivity contribution in [2.45, 2.75) is 6.92 Å². The van der Waals surface area contributed by atoms with Gasteiger partial charge in [-0.2, -0.15) is 0 Å². The third-order valence-electron chi connectivity index (χ3n) is 1.52. The zero-order valence-corrected chi connectivity index (χ0v) is 9.98. The lowest BCUT2D eigenvalue weighted by Crippen LogP contribution is -1.93. The van der Waals surface area contributed by atoms with E-state index in [0.717, 1.165) is 5.56 Å². The van der Waals surface area contributed by atoms with E-state index in [4.69, 9.17) is 0 Å². The minimum absolute atomic E-state index is 0.121. The predicted molar refractivity (Wildman–Crippen MR) is 64.9 cm³/mol. The van der Waals surface area contributed by atoms with E-state index in [1.807, 2.05) is 40.3 Å². The number of hydrogen-bond donors (Lipinski definition) is 0. The van der Waals surface area contributed by atoms with Crippen LogP contribution in [-0.2, 0) is 0 Å². The van der Waals surface area contributed by atoms with Gasteiger partial charge in [0.15, 0.2) is 0 Å². The van der Waals surface area contributed by atoms with E-state index in [-0.39, 0.29) is 5.78 Å². The van der Waals surface area contributed by atoms with Gasteiger partial charge in [-0.25, -0.2) is 0 Å². The van der Waals surface area contributed by atoms with E-state index in [1.165, 1.54) is 8.93 Å². The standard InChI is InChI=1S/C10H7IOS/c1-8-2-4-9(5-3-8)10(12)6-7-13-11/h2-5H,1H3. The van der Waals surface area contributed by atoms with Gasteiger partial charge in [0.1, 0.15) is 0 Å². The highest BCUT2D eigenvalue weighted by atomic mass is 127. The average molecular weight is 302 g/mol. The van der Waals surface area contributed by atoms with Crippen molar-refractivity contribution in [3.63, 3.8) is 0 Å². The summed E-state index contributed by atoms with van der Waals surface area (Å²) in [5, 5.41) is 2.66. The molecule has 0 amide bonds. The molecule has 0 aliphatic heterocycles. The molecule has 0 spiro atoms. The van der Waals surface area contributed by atoms with Crippen molar-refractivity contribution in [1.29, 1.82) is 0 Å². The fraction of sp³-hybridized carbons (Fsp3) is 0.100. The number of ketones is 1. The van der Waals surface area contributed by atoms with Gasteiger partial charge in [-0.3, -0.25) is 4.79 Å². The van der Waals surface area contributed by atoms with Gasteiger partial charge in [0, 0.05) is 26.8 Å². The lowest BCUT2D eigenvalue weighted by Gasteiger charge is -1.93. The maximum Gasteiger partial charge on any atom is 0.236 e. The highest BCUT2D eigenvalue weighted by molar-refractivity contribution is 14.2. The zero-order chi connectivity index (χ0) is 9.68. The van der Waals surface area contributed by atoms with E-state index in [9.17, 15) is 4.79 Å². The summed E-state index contributed by atoms with van der Waals surface area (Å²) in [5.74, 6) is 2.41. The lowest BCUT2D eigenvalue weighted by molar-refractivity contribution is 0.105. The van der Waals surface area contributed by atoms with E-state index in [2.05, 4.69) is 11.2 Å². The Balaban J connectivity index is 2.84. The minimum atomic E-state index is -0.121. The maximum absolute atomic E-state index is 11.3. The highest BCUT2D eigenvalue weighted by Crippen LogP contribution is 2.08. The summed E-state index contributed by atoms with van der Waals surface area (Å²) in [7, 11) is 1.32. The van der Waals surface area contributed by atoms with Crippen molar-refractivity contribution in [2.75, 3.05) is 0 Å². The smallest absolute Gasteiger partial charge is 0.236 e. The molecule has 0 aliphatic rings. The van der Waals surface area contributed by atoms with Crippen LogP contribution in [0.4, 0.5) is 0 Å².